The van der Waals surface area contributed by atoms with Crippen molar-refractivity contribution in [1.82, 2.24) is 25.5 Å². The van der Waals surface area contributed by atoms with Crippen molar-refractivity contribution in [1.29, 1.82) is 0 Å². The molecular weight excluding hydrogens is 570 g/mol. The number of fused-ring (bicyclic) bond motifs is 1. The number of rotatable bonds is 8. The maximum Gasteiger partial charge on any atom is 0.408 e. The number of amides is 3. The van der Waals surface area contributed by atoms with Crippen molar-refractivity contribution in [2.75, 3.05) is 27.8 Å². The smallest absolute Gasteiger partial charge is 0.408 e. The number of likely N-dealkylation sites (tertiary alicyclic amines) is 1. The number of nitrogens with one attached hydrogen (secondary N) is 2. The van der Waals surface area contributed by atoms with Gasteiger partial charge in [0.1, 0.15) is 41.4 Å². The summed E-state index contributed by atoms with van der Waals surface area (Å²) in [7, 11) is 4.56. The quantitative estimate of drug-likeness (QED) is 0.383. The number of hydrogen-bond donors (Lipinski definition) is 2. The molecule has 238 valence electrons. The van der Waals surface area contributed by atoms with Crippen LogP contribution in [0.2, 0.25) is 0 Å². The molecule has 0 unspecified atom stereocenters. The average Bonchev–Trinajstić information content (AvgIpc) is 3.61. The molecule has 3 heterocycles. The van der Waals surface area contributed by atoms with Gasteiger partial charge in [0.25, 0.3) is 0 Å². The molecule has 0 aliphatic carbocycles. The molecule has 0 spiro atoms. The molecule has 44 heavy (non-hydrogen) atoms. The number of carbonyl (C=O) groups excluding carboxylic acids is 3. The molecule has 1 aromatic carbocycles. The average molecular weight is 612 g/mol. The van der Waals surface area contributed by atoms with Crippen molar-refractivity contribution in [3.05, 3.63) is 30.5 Å². The number of nitrogens with zero attached hydrogens (tertiary/aromatic N) is 3. The van der Waals surface area contributed by atoms with Crippen molar-refractivity contribution < 1.29 is 37.7 Å². The van der Waals surface area contributed by atoms with E-state index < -0.39 is 41.2 Å². The van der Waals surface area contributed by atoms with Gasteiger partial charge in [-0.1, -0.05) is 20.8 Å². The minimum Gasteiger partial charge on any atom is -0.497 e. The van der Waals surface area contributed by atoms with Gasteiger partial charge in [0.2, 0.25) is 23.6 Å². The van der Waals surface area contributed by atoms with E-state index >= 15 is 0 Å². The standard InChI is InChI=1S/C31H41N5O8/c1-30(2,3)24(35-29(39)44-31(4,5)6)28(38)36-16-19(14-22(36)25(37)32-7)42-26-20-11-10-18(40-8)12-17(20)13-21(34-26)27-33-15-23(41-9)43-27/h10-13,15,19,22,24H,14,16H2,1-9H3,(H,32,37)(H,35,39)/t19-,22+,24-/m1/s1. The summed E-state index contributed by atoms with van der Waals surface area (Å²) in [4.78, 5) is 50.2. The van der Waals surface area contributed by atoms with E-state index in [0.717, 1.165) is 5.39 Å². The fourth-order valence-electron chi connectivity index (χ4n) is 4.94. The first-order valence-corrected chi connectivity index (χ1v) is 14.3. The zero-order valence-corrected chi connectivity index (χ0v) is 26.6. The topological polar surface area (TPSA) is 154 Å². The maximum atomic E-state index is 14.0. The number of benzene rings is 1. The molecule has 3 atom stereocenters. The Kier molecular flexibility index (Phi) is 9.26. The first-order valence-electron chi connectivity index (χ1n) is 14.3. The van der Waals surface area contributed by atoms with E-state index in [1.807, 2.05) is 32.9 Å². The number of oxazole rings is 1. The van der Waals surface area contributed by atoms with Crippen molar-refractivity contribution in [3.8, 4) is 29.2 Å². The molecule has 1 aliphatic rings. The lowest BCUT2D eigenvalue weighted by Gasteiger charge is -2.35. The SMILES string of the molecule is CNC(=O)[C@@H]1C[C@@H](Oc2nc(-c3ncc(OC)o3)cc3cc(OC)ccc23)CN1C(=O)[C@@H](NC(=O)OC(C)(C)C)C(C)(C)C. The van der Waals surface area contributed by atoms with Crippen LogP contribution in [0.1, 0.15) is 48.0 Å². The van der Waals surface area contributed by atoms with Crippen molar-refractivity contribution >= 4 is 28.7 Å². The number of likely N-dealkylation sites (N-methyl/N-ethyl adjacent to an activating group) is 1. The third-order valence-corrected chi connectivity index (χ3v) is 7.06. The molecule has 0 radical (unpaired) electrons. The molecule has 3 amide bonds. The lowest BCUT2D eigenvalue weighted by Crippen LogP contribution is -2.58. The number of methoxy groups -OCH3 is 2. The number of aromatic nitrogens is 2. The van der Waals surface area contributed by atoms with Crippen LogP contribution in [0, 0.1) is 5.41 Å². The van der Waals surface area contributed by atoms with E-state index in [4.69, 9.17) is 28.3 Å². The summed E-state index contributed by atoms with van der Waals surface area (Å²) < 4.78 is 28.0. The highest BCUT2D eigenvalue weighted by molar-refractivity contribution is 5.93. The Labute approximate surface area is 256 Å². The van der Waals surface area contributed by atoms with Gasteiger partial charge >= 0.3 is 12.0 Å². The summed E-state index contributed by atoms with van der Waals surface area (Å²) in [5, 5.41) is 6.81. The van der Waals surface area contributed by atoms with Gasteiger partial charge in [0.15, 0.2) is 0 Å². The molecule has 0 saturated carbocycles. The summed E-state index contributed by atoms with van der Waals surface area (Å²) in [6.45, 7) is 10.8. The van der Waals surface area contributed by atoms with Crippen LogP contribution in [0.25, 0.3) is 22.4 Å². The number of ether oxygens (including phenoxy) is 4. The molecule has 3 aromatic rings. The molecule has 1 fully saturated rings. The largest absolute Gasteiger partial charge is 0.497 e. The van der Waals surface area contributed by atoms with Gasteiger partial charge in [-0.25, -0.2) is 14.8 Å². The zero-order valence-electron chi connectivity index (χ0n) is 26.6. The Balaban J connectivity index is 1.67. The molecule has 13 nitrogen and oxygen atoms in total. The van der Waals surface area contributed by atoms with Crippen molar-refractivity contribution in [2.24, 2.45) is 5.41 Å². The summed E-state index contributed by atoms with van der Waals surface area (Å²) >= 11 is 0. The molecule has 0 bridgehead atoms. The van der Waals surface area contributed by atoms with Crippen LogP contribution < -0.4 is 24.8 Å². The third-order valence-electron chi connectivity index (χ3n) is 7.06. The third kappa shape index (κ3) is 7.32. The molecule has 1 saturated heterocycles. The van der Waals surface area contributed by atoms with E-state index in [1.165, 1.54) is 25.3 Å². The Morgan fingerprint density at radius 1 is 1.07 bits per heavy atom. The van der Waals surface area contributed by atoms with Gasteiger partial charge in [0, 0.05) is 18.9 Å². The Hall–Kier alpha value is -4.55. The lowest BCUT2D eigenvalue weighted by atomic mass is 9.85. The summed E-state index contributed by atoms with van der Waals surface area (Å²) in [6, 6.07) is 5.43. The Morgan fingerprint density at radius 3 is 2.39 bits per heavy atom. The molecule has 1 aliphatic heterocycles. The summed E-state index contributed by atoms with van der Waals surface area (Å²) in [5.41, 5.74) is -1.05. The number of alkyl carbamates (subject to hydrolysis) is 1. The zero-order chi connectivity index (χ0) is 32.4. The number of carbonyl (C=O) groups is 3. The van der Waals surface area contributed by atoms with E-state index in [2.05, 4.69) is 15.6 Å². The highest BCUT2D eigenvalue weighted by Crippen LogP contribution is 2.35. The van der Waals surface area contributed by atoms with E-state index in [0.29, 0.717) is 16.8 Å². The van der Waals surface area contributed by atoms with Gasteiger partial charge < -0.3 is 38.9 Å². The van der Waals surface area contributed by atoms with Gasteiger partial charge in [-0.3, -0.25) is 9.59 Å². The highest BCUT2D eigenvalue weighted by Gasteiger charge is 2.46. The Morgan fingerprint density at radius 2 is 1.80 bits per heavy atom. The predicted molar refractivity (Wildman–Crippen MR) is 162 cm³/mol. The second-order valence-corrected chi connectivity index (χ2v) is 12.6. The predicted octanol–water partition coefficient (Wildman–Crippen LogP) is 3.94. The monoisotopic (exact) mass is 611 g/mol. The fraction of sp³-hybridized carbons (Fsp3) is 0.516. The first-order chi connectivity index (χ1) is 20.6. The lowest BCUT2D eigenvalue weighted by molar-refractivity contribution is -0.142. The second kappa shape index (κ2) is 12.6. The van der Waals surface area contributed by atoms with E-state index in [-0.39, 0.29) is 36.6 Å². The second-order valence-electron chi connectivity index (χ2n) is 12.6. The van der Waals surface area contributed by atoms with Crippen molar-refractivity contribution in [3.63, 3.8) is 0 Å². The van der Waals surface area contributed by atoms with Crippen LogP contribution in [0.4, 0.5) is 4.79 Å². The van der Waals surface area contributed by atoms with Gasteiger partial charge in [0.05, 0.1) is 20.8 Å². The van der Waals surface area contributed by atoms with Crippen LogP contribution in [0.3, 0.4) is 0 Å². The van der Waals surface area contributed by atoms with Crippen LogP contribution in [0.15, 0.2) is 34.9 Å². The molecule has 13 heteroatoms. The van der Waals surface area contributed by atoms with E-state index in [9.17, 15) is 14.4 Å². The maximum absolute atomic E-state index is 14.0. The van der Waals surface area contributed by atoms with Crippen LogP contribution >= 0.6 is 0 Å². The molecule has 2 N–H and O–H groups in total. The molecular formula is C31H41N5O8. The van der Waals surface area contributed by atoms with Crippen LogP contribution in [0.5, 0.6) is 17.6 Å². The van der Waals surface area contributed by atoms with Gasteiger partial charge in [-0.2, -0.15) is 0 Å². The normalized spacial score (nSPS) is 17.6. The van der Waals surface area contributed by atoms with Gasteiger partial charge in [-0.15, -0.1) is 0 Å². The summed E-state index contributed by atoms with van der Waals surface area (Å²) in [5.74, 6) is 0.579. The van der Waals surface area contributed by atoms with Gasteiger partial charge in [-0.05, 0) is 55.8 Å². The van der Waals surface area contributed by atoms with Crippen molar-refractivity contribution in [2.45, 2.75) is 71.8 Å². The minimum absolute atomic E-state index is 0.0792. The number of hydrogen-bond acceptors (Lipinski definition) is 10. The first kappa shape index (κ1) is 32.4. The van der Waals surface area contributed by atoms with Crippen LogP contribution in [-0.2, 0) is 14.3 Å². The minimum atomic E-state index is -0.974. The van der Waals surface area contributed by atoms with Crippen LogP contribution in [-0.4, -0.2) is 84.4 Å². The molecule has 4 rings (SSSR count). The van der Waals surface area contributed by atoms with E-state index in [1.54, 1.807) is 40.0 Å². The Bertz CT molecular complexity index is 1520. The fourth-order valence-corrected chi connectivity index (χ4v) is 4.94. The number of pyridine rings is 1. The highest BCUT2D eigenvalue weighted by atomic mass is 16.6. The summed E-state index contributed by atoms with van der Waals surface area (Å²) in [6.07, 6.45) is 0.319. The molecule has 2 aromatic heterocycles.